The molecule has 1 saturated heterocycles. The van der Waals surface area contributed by atoms with Gasteiger partial charge in [0.05, 0.1) is 0 Å². The van der Waals surface area contributed by atoms with E-state index in [1.54, 1.807) is 11.3 Å². The van der Waals surface area contributed by atoms with Gasteiger partial charge in [-0.2, -0.15) is 4.98 Å². The monoisotopic (exact) mass is 291 g/mol. The van der Waals surface area contributed by atoms with Crippen LogP contribution in [0.3, 0.4) is 0 Å². The minimum atomic E-state index is 0.187. The molecular formula is C14H21N5S. The minimum absolute atomic E-state index is 0.187. The Kier molecular flexibility index (Phi) is 3.76. The van der Waals surface area contributed by atoms with Gasteiger partial charge in [-0.1, -0.05) is 13.0 Å². The predicted octanol–water partition coefficient (Wildman–Crippen LogP) is 2.02. The Morgan fingerprint density at radius 2 is 2.45 bits per heavy atom. The number of hydrogen-bond acceptors (Lipinski definition) is 5. The second-order valence-electron chi connectivity index (χ2n) is 5.88. The molecular weight excluding hydrogens is 270 g/mol. The first-order valence-corrected chi connectivity index (χ1v) is 7.95. The van der Waals surface area contributed by atoms with Gasteiger partial charge in [-0.05, 0) is 36.2 Å². The van der Waals surface area contributed by atoms with Crippen molar-refractivity contribution in [3.8, 4) is 0 Å². The highest BCUT2D eigenvalue weighted by molar-refractivity contribution is 7.09. The van der Waals surface area contributed by atoms with Gasteiger partial charge in [-0.25, -0.2) is 0 Å². The number of anilines is 1. The molecule has 3 rings (SSSR count). The summed E-state index contributed by atoms with van der Waals surface area (Å²) in [6.45, 7) is 4.93. The van der Waals surface area contributed by atoms with E-state index in [1.807, 2.05) is 0 Å². The number of hydrogen-bond donors (Lipinski definition) is 2. The zero-order chi connectivity index (χ0) is 14.0. The van der Waals surface area contributed by atoms with Gasteiger partial charge in [0.1, 0.15) is 5.82 Å². The van der Waals surface area contributed by atoms with Crippen LogP contribution in [-0.4, -0.2) is 34.8 Å². The Bertz CT molecular complexity index is 550. The van der Waals surface area contributed by atoms with Gasteiger partial charge in [0.25, 0.3) is 0 Å². The largest absolute Gasteiger partial charge is 0.339 e. The maximum Gasteiger partial charge on any atom is 0.244 e. The average molecular weight is 291 g/mol. The van der Waals surface area contributed by atoms with Crippen LogP contribution < -0.4 is 10.6 Å². The molecule has 3 heterocycles. The molecule has 1 fully saturated rings. The van der Waals surface area contributed by atoms with Crippen LogP contribution in [0.25, 0.3) is 0 Å². The molecule has 0 radical (unpaired) electrons. The summed E-state index contributed by atoms with van der Waals surface area (Å²) in [5.74, 6) is 1.75. The molecule has 1 atom stereocenters. The lowest BCUT2D eigenvalue weighted by molar-refractivity contribution is 0.270. The summed E-state index contributed by atoms with van der Waals surface area (Å²) in [5.41, 5.74) is 6.09. The third-order valence-corrected chi connectivity index (χ3v) is 4.87. The van der Waals surface area contributed by atoms with Crippen LogP contribution in [0.4, 0.5) is 5.95 Å². The molecule has 6 heteroatoms. The Labute approximate surface area is 123 Å². The SMILES string of the molecule is CC1(CN)CCCN(c2n[nH]c(Cc3cccs3)n2)C1. The van der Waals surface area contributed by atoms with Crippen LogP contribution in [0.15, 0.2) is 17.5 Å². The lowest BCUT2D eigenvalue weighted by Crippen LogP contribution is -2.46. The standard InChI is InChI=1S/C14H21N5S/c1-14(9-15)5-3-6-19(10-14)13-16-12(17-18-13)8-11-4-2-7-20-11/h2,4,7H,3,5-6,8-10,15H2,1H3,(H,16,17,18). The van der Waals surface area contributed by atoms with Crippen molar-refractivity contribution in [3.05, 3.63) is 28.2 Å². The Balaban J connectivity index is 1.70. The second-order valence-corrected chi connectivity index (χ2v) is 6.91. The van der Waals surface area contributed by atoms with Crippen molar-refractivity contribution in [1.29, 1.82) is 0 Å². The molecule has 3 N–H and O–H groups in total. The summed E-state index contributed by atoms with van der Waals surface area (Å²) in [7, 11) is 0. The molecule has 0 aromatic carbocycles. The zero-order valence-corrected chi connectivity index (χ0v) is 12.6. The number of piperidine rings is 1. The normalized spacial score (nSPS) is 23.2. The van der Waals surface area contributed by atoms with E-state index in [0.717, 1.165) is 44.2 Å². The van der Waals surface area contributed by atoms with E-state index in [4.69, 9.17) is 5.73 Å². The molecule has 0 saturated carbocycles. The van der Waals surface area contributed by atoms with Crippen molar-refractivity contribution in [2.24, 2.45) is 11.1 Å². The molecule has 108 valence electrons. The third-order valence-electron chi connectivity index (χ3n) is 4.00. The highest BCUT2D eigenvalue weighted by atomic mass is 32.1. The second kappa shape index (κ2) is 5.54. The van der Waals surface area contributed by atoms with E-state index in [2.05, 4.69) is 44.5 Å². The average Bonchev–Trinajstić information content (AvgIpc) is 3.11. The van der Waals surface area contributed by atoms with Gasteiger partial charge in [0, 0.05) is 24.4 Å². The van der Waals surface area contributed by atoms with Crippen LogP contribution >= 0.6 is 11.3 Å². The van der Waals surface area contributed by atoms with Crippen LogP contribution in [0.1, 0.15) is 30.5 Å². The van der Waals surface area contributed by atoms with Crippen LogP contribution in [0, 0.1) is 5.41 Å². The fourth-order valence-corrected chi connectivity index (χ4v) is 3.45. The van der Waals surface area contributed by atoms with E-state index in [0.29, 0.717) is 0 Å². The van der Waals surface area contributed by atoms with Gasteiger partial charge in [-0.15, -0.1) is 16.4 Å². The number of thiophene rings is 1. The quantitative estimate of drug-likeness (QED) is 0.904. The van der Waals surface area contributed by atoms with E-state index >= 15 is 0 Å². The molecule has 1 aliphatic heterocycles. The van der Waals surface area contributed by atoms with Gasteiger partial charge >= 0.3 is 0 Å². The Morgan fingerprint density at radius 3 is 3.20 bits per heavy atom. The number of nitrogens with zero attached hydrogens (tertiary/aromatic N) is 3. The molecule has 0 amide bonds. The van der Waals surface area contributed by atoms with Gasteiger partial charge in [0.15, 0.2) is 0 Å². The zero-order valence-electron chi connectivity index (χ0n) is 11.8. The summed E-state index contributed by atoms with van der Waals surface area (Å²) in [6.07, 6.45) is 3.17. The number of aromatic amines is 1. The molecule has 5 nitrogen and oxygen atoms in total. The van der Waals surface area contributed by atoms with Crippen molar-refractivity contribution in [2.45, 2.75) is 26.2 Å². The van der Waals surface area contributed by atoms with E-state index in [9.17, 15) is 0 Å². The first kappa shape index (κ1) is 13.6. The Hall–Kier alpha value is -1.40. The van der Waals surface area contributed by atoms with Crippen LogP contribution in [0.2, 0.25) is 0 Å². The first-order valence-electron chi connectivity index (χ1n) is 7.07. The molecule has 20 heavy (non-hydrogen) atoms. The lowest BCUT2D eigenvalue weighted by Gasteiger charge is -2.39. The van der Waals surface area contributed by atoms with Crippen molar-refractivity contribution < 1.29 is 0 Å². The van der Waals surface area contributed by atoms with E-state index < -0.39 is 0 Å². The topological polar surface area (TPSA) is 70.8 Å². The fourth-order valence-electron chi connectivity index (χ4n) is 2.74. The van der Waals surface area contributed by atoms with Crippen molar-refractivity contribution >= 4 is 17.3 Å². The van der Waals surface area contributed by atoms with Crippen molar-refractivity contribution in [1.82, 2.24) is 15.2 Å². The highest BCUT2D eigenvalue weighted by Crippen LogP contribution is 2.29. The minimum Gasteiger partial charge on any atom is -0.339 e. The molecule has 2 aromatic heterocycles. The van der Waals surface area contributed by atoms with Crippen molar-refractivity contribution in [3.63, 3.8) is 0 Å². The van der Waals surface area contributed by atoms with Gasteiger partial charge in [-0.3, -0.25) is 5.10 Å². The predicted molar refractivity (Wildman–Crippen MR) is 82.1 cm³/mol. The maximum atomic E-state index is 5.90. The van der Waals surface area contributed by atoms with Gasteiger partial charge < -0.3 is 10.6 Å². The molecule has 0 spiro atoms. The Morgan fingerprint density at radius 1 is 1.55 bits per heavy atom. The molecule has 2 aromatic rings. The summed E-state index contributed by atoms with van der Waals surface area (Å²) in [5, 5.41) is 9.52. The summed E-state index contributed by atoms with van der Waals surface area (Å²) < 4.78 is 0. The van der Waals surface area contributed by atoms with Crippen LogP contribution in [-0.2, 0) is 6.42 Å². The fraction of sp³-hybridized carbons (Fsp3) is 0.571. The van der Waals surface area contributed by atoms with Gasteiger partial charge in [0.2, 0.25) is 5.95 Å². The molecule has 0 aliphatic carbocycles. The lowest BCUT2D eigenvalue weighted by atomic mass is 9.82. The third kappa shape index (κ3) is 2.86. The molecule has 1 aliphatic rings. The number of H-pyrrole nitrogens is 1. The molecule has 0 bridgehead atoms. The summed E-state index contributed by atoms with van der Waals surface area (Å²) in [6, 6.07) is 4.19. The summed E-state index contributed by atoms with van der Waals surface area (Å²) in [4.78, 5) is 8.19. The number of aromatic nitrogens is 3. The van der Waals surface area contributed by atoms with Crippen LogP contribution in [0.5, 0.6) is 0 Å². The smallest absolute Gasteiger partial charge is 0.244 e. The highest BCUT2D eigenvalue weighted by Gasteiger charge is 2.31. The van der Waals surface area contributed by atoms with Crippen molar-refractivity contribution in [2.75, 3.05) is 24.5 Å². The summed E-state index contributed by atoms with van der Waals surface area (Å²) >= 11 is 1.75. The number of nitrogens with two attached hydrogens (primary N) is 1. The maximum absolute atomic E-state index is 5.90. The van der Waals surface area contributed by atoms with E-state index in [-0.39, 0.29) is 5.41 Å². The van der Waals surface area contributed by atoms with E-state index in [1.165, 1.54) is 11.3 Å². The number of nitrogens with one attached hydrogen (secondary N) is 1. The first-order chi connectivity index (χ1) is 9.68. The number of rotatable bonds is 4. The molecule has 1 unspecified atom stereocenters.